The van der Waals surface area contributed by atoms with Crippen LogP contribution in [0.25, 0.3) is 0 Å². The summed E-state index contributed by atoms with van der Waals surface area (Å²) in [4.78, 5) is -0.614. The number of methoxy groups -OCH3 is 1. The van der Waals surface area contributed by atoms with E-state index in [0.717, 1.165) is 17.7 Å². The molecule has 1 unspecified atom stereocenters. The minimum atomic E-state index is -5.03. The normalized spacial score (nSPS) is 13.4. The molecule has 5 nitrogen and oxygen atoms in total. The third-order valence-electron chi connectivity index (χ3n) is 3.44. The van der Waals surface area contributed by atoms with Crippen LogP contribution in [0.3, 0.4) is 0 Å². The zero-order chi connectivity index (χ0) is 20.1. The number of alkyl halides is 3. The third-order valence-corrected chi connectivity index (χ3v) is 5.49. The van der Waals surface area contributed by atoms with E-state index in [2.05, 4.69) is 25.4 Å². The summed E-state index contributed by atoms with van der Waals surface area (Å²) >= 11 is 3.01. The molecule has 148 valence electrons. The minimum Gasteiger partial charge on any atom is -0.404 e. The van der Waals surface area contributed by atoms with Crippen LogP contribution in [0.1, 0.15) is 5.56 Å². The van der Waals surface area contributed by atoms with Crippen LogP contribution in [-0.2, 0) is 21.2 Å². The molecule has 1 atom stereocenters. The maximum absolute atomic E-state index is 12.7. The van der Waals surface area contributed by atoms with Crippen molar-refractivity contribution >= 4 is 26.0 Å². The number of nitrogens with one attached hydrogen (secondary N) is 1. The molecule has 0 amide bonds. The highest BCUT2D eigenvalue weighted by atomic mass is 79.9. The van der Waals surface area contributed by atoms with Gasteiger partial charge in [-0.25, -0.2) is 13.1 Å². The number of ether oxygens (including phenoxy) is 2. The first-order chi connectivity index (χ1) is 12.6. The fourth-order valence-corrected chi connectivity index (χ4v) is 4.10. The third kappa shape index (κ3) is 6.80. The van der Waals surface area contributed by atoms with Gasteiger partial charge in [0.05, 0.1) is 6.61 Å². The average Bonchev–Trinajstić information content (AvgIpc) is 2.54. The van der Waals surface area contributed by atoms with E-state index >= 15 is 0 Å². The van der Waals surface area contributed by atoms with Gasteiger partial charge in [-0.3, -0.25) is 0 Å². The highest BCUT2D eigenvalue weighted by Gasteiger charge is 2.34. The fourth-order valence-electron chi connectivity index (χ4n) is 2.43. The lowest BCUT2D eigenvalue weighted by molar-refractivity contribution is -0.275. The van der Waals surface area contributed by atoms with Gasteiger partial charge in [0.15, 0.2) is 5.75 Å². The molecule has 0 aliphatic rings. The second kappa shape index (κ2) is 9.05. The number of rotatable bonds is 8. The van der Waals surface area contributed by atoms with Crippen molar-refractivity contribution in [2.75, 3.05) is 13.7 Å². The van der Waals surface area contributed by atoms with Crippen molar-refractivity contribution in [2.45, 2.75) is 23.7 Å². The van der Waals surface area contributed by atoms with Gasteiger partial charge >= 0.3 is 6.36 Å². The lowest BCUT2D eigenvalue weighted by atomic mass is 10.1. The maximum Gasteiger partial charge on any atom is 0.573 e. The van der Waals surface area contributed by atoms with Gasteiger partial charge in [-0.15, -0.1) is 13.2 Å². The SMILES string of the molecule is COCC(Cc1ccccc1)NS(=O)(=O)c1ccc(Br)cc1OC(F)(F)F. The molecule has 0 saturated heterocycles. The van der Waals surface area contributed by atoms with Crippen LogP contribution in [-0.4, -0.2) is 34.5 Å². The van der Waals surface area contributed by atoms with Crippen LogP contribution < -0.4 is 9.46 Å². The summed E-state index contributed by atoms with van der Waals surface area (Å²) in [5.74, 6) is -0.819. The highest BCUT2D eigenvalue weighted by Crippen LogP contribution is 2.32. The molecule has 2 aromatic rings. The summed E-state index contributed by atoms with van der Waals surface area (Å²) in [6.45, 7) is 0.0418. The van der Waals surface area contributed by atoms with Gasteiger partial charge < -0.3 is 9.47 Å². The largest absolute Gasteiger partial charge is 0.573 e. The number of hydrogen-bond donors (Lipinski definition) is 1. The molecule has 0 fully saturated rings. The van der Waals surface area contributed by atoms with Crippen LogP contribution in [0.2, 0.25) is 0 Å². The summed E-state index contributed by atoms with van der Waals surface area (Å²) in [6.07, 6.45) is -4.72. The van der Waals surface area contributed by atoms with Crippen LogP contribution in [0.5, 0.6) is 5.75 Å². The molecule has 0 radical (unpaired) electrons. The Labute approximate surface area is 163 Å². The first-order valence-electron chi connectivity index (χ1n) is 7.71. The number of hydrogen-bond acceptors (Lipinski definition) is 4. The second-order valence-corrected chi connectivity index (χ2v) is 8.20. The average molecular weight is 468 g/mol. The van der Waals surface area contributed by atoms with Gasteiger partial charge in [-0.05, 0) is 30.2 Å². The summed E-state index contributed by atoms with van der Waals surface area (Å²) in [5, 5.41) is 0. The molecule has 27 heavy (non-hydrogen) atoms. The van der Waals surface area contributed by atoms with Crippen LogP contribution in [0.15, 0.2) is 57.9 Å². The van der Waals surface area contributed by atoms with Crippen LogP contribution in [0.4, 0.5) is 13.2 Å². The standard InChI is InChI=1S/C17H17BrF3NO4S/c1-25-11-14(9-12-5-3-2-4-6-12)22-27(23,24)16-8-7-13(18)10-15(16)26-17(19,20)21/h2-8,10,14,22H,9,11H2,1H3. The molecule has 0 heterocycles. The second-order valence-electron chi connectivity index (χ2n) is 5.60. The monoisotopic (exact) mass is 467 g/mol. The predicted molar refractivity (Wildman–Crippen MR) is 97.0 cm³/mol. The van der Waals surface area contributed by atoms with Crippen molar-refractivity contribution in [3.8, 4) is 5.75 Å². The first kappa shape index (κ1) is 21.7. The molecule has 10 heteroatoms. The van der Waals surface area contributed by atoms with E-state index in [-0.39, 0.29) is 11.1 Å². The Bertz CT molecular complexity index is 860. The van der Waals surface area contributed by atoms with Crippen LogP contribution in [0, 0.1) is 0 Å². The summed E-state index contributed by atoms with van der Waals surface area (Å²) in [7, 11) is -2.89. The molecule has 0 spiro atoms. The number of benzene rings is 2. The minimum absolute atomic E-state index is 0.0418. The van der Waals surface area contributed by atoms with Crippen molar-refractivity contribution in [3.05, 3.63) is 58.6 Å². The summed E-state index contributed by atoms with van der Waals surface area (Å²) in [6, 6.07) is 11.7. The fraction of sp³-hybridized carbons (Fsp3) is 0.294. The molecule has 0 saturated carbocycles. The molecule has 0 aliphatic heterocycles. The zero-order valence-electron chi connectivity index (χ0n) is 14.2. The molecule has 0 aromatic heterocycles. The van der Waals surface area contributed by atoms with Gasteiger partial charge in [0.2, 0.25) is 10.0 Å². The Morgan fingerprint density at radius 2 is 1.81 bits per heavy atom. The topological polar surface area (TPSA) is 64.6 Å². The van der Waals surface area contributed by atoms with E-state index < -0.39 is 33.1 Å². The van der Waals surface area contributed by atoms with Crippen molar-refractivity contribution < 1.29 is 31.1 Å². The Hall–Kier alpha value is -1.62. The van der Waals surface area contributed by atoms with E-state index in [9.17, 15) is 21.6 Å². The van der Waals surface area contributed by atoms with Crippen molar-refractivity contribution in [1.29, 1.82) is 0 Å². The molecule has 1 N–H and O–H groups in total. The first-order valence-corrected chi connectivity index (χ1v) is 9.99. The van der Waals surface area contributed by atoms with Gasteiger partial charge in [0.1, 0.15) is 4.90 Å². The van der Waals surface area contributed by atoms with Crippen molar-refractivity contribution in [3.63, 3.8) is 0 Å². The number of halogens is 4. The van der Waals surface area contributed by atoms with Crippen LogP contribution >= 0.6 is 15.9 Å². The van der Waals surface area contributed by atoms with Gasteiger partial charge in [0, 0.05) is 17.6 Å². The Morgan fingerprint density at radius 3 is 2.41 bits per heavy atom. The Morgan fingerprint density at radius 1 is 1.15 bits per heavy atom. The molecular formula is C17H17BrF3NO4S. The molecule has 0 aliphatic carbocycles. The summed E-state index contributed by atoms with van der Waals surface area (Å²) < 4.78 is 74.9. The zero-order valence-corrected chi connectivity index (χ0v) is 16.6. The van der Waals surface area contributed by atoms with Gasteiger partial charge in [-0.2, -0.15) is 0 Å². The van der Waals surface area contributed by atoms with Crippen molar-refractivity contribution in [2.24, 2.45) is 0 Å². The molecular weight excluding hydrogens is 451 g/mol. The lowest BCUT2D eigenvalue weighted by Crippen LogP contribution is -2.39. The van der Waals surface area contributed by atoms with E-state index in [0.29, 0.717) is 6.42 Å². The van der Waals surface area contributed by atoms with E-state index in [4.69, 9.17) is 4.74 Å². The quantitative estimate of drug-likeness (QED) is 0.639. The highest BCUT2D eigenvalue weighted by molar-refractivity contribution is 9.10. The van der Waals surface area contributed by atoms with Gasteiger partial charge in [-0.1, -0.05) is 46.3 Å². The maximum atomic E-state index is 12.7. The summed E-state index contributed by atoms with van der Waals surface area (Å²) in [5.41, 5.74) is 0.852. The van der Waals surface area contributed by atoms with Crippen molar-refractivity contribution in [1.82, 2.24) is 4.72 Å². The predicted octanol–water partition coefficient (Wildman–Crippen LogP) is 3.88. The Balaban J connectivity index is 2.30. The van der Waals surface area contributed by atoms with E-state index in [1.807, 2.05) is 18.2 Å². The van der Waals surface area contributed by atoms with Gasteiger partial charge in [0.25, 0.3) is 0 Å². The van der Waals surface area contributed by atoms with E-state index in [1.54, 1.807) is 12.1 Å². The molecule has 2 aromatic carbocycles. The number of sulfonamides is 1. The molecule has 2 rings (SSSR count). The Kier molecular flexibility index (Phi) is 7.26. The van der Waals surface area contributed by atoms with E-state index in [1.165, 1.54) is 13.2 Å². The lowest BCUT2D eigenvalue weighted by Gasteiger charge is -2.20. The molecule has 0 bridgehead atoms. The smallest absolute Gasteiger partial charge is 0.404 e.